The van der Waals surface area contributed by atoms with Crippen LogP contribution < -0.4 is 0 Å². The molecular weight excluding hydrogens is 416 g/mol. The molecule has 1 aromatic heterocycles. The lowest BCUT2D eigenvalue weighted by molar-refractivity contribution is -0.146. The van der Waals surface area contributed by atoms with Crippen molar-refractivity contribution in [1.82, 2.24) is 5.16 Å². The fourth-order valence-corrected chi connectivity index (χ4v) is 3.96. The van der Waals surface area contributed by atoms with E-state index in [1.807, 2.05) is 36.4 Å². The summed E-state index contributed by atoms with van der Waals surface area (Å²) in [6.45, 7) is 4.35. The monoisotopic (exact) mass is 441 g/mol. The third kappa shape index (κ3) is 3.93. The highest BCUT2D eigenvalue weighted by molar-refractivity contribution is 5.87. The van der Waals surface area contributed by atoms with Gasteiger partial charge in [-0.05, 0) is 43.4 Å². The van der Waals surface area contributed by atoms with Crippen molar-refractivity contribution >= 4 is 5.97 Å². The number of esters is 1. The number of aliphatic hydroxyl groups excluding tert-OH is 1. The second-order valence-corrected chi connectivity index (χ2v) is 8.33. The molecule has 1 heterocycles. The Kier molecular flexibility index (Phi) is 5.63. The summed E-state index contributed by atoms with van der Waals surface area (Å²) in [6.07, 6.45) is -0.423. The summed E-state index contributed by atoms with van der Waals surface area (Å²) in [5, 5.41) is 13.9. The summed E-state index contributed by atoms with van der Waals surface area (Å²) in [4.78, 5) is 12.3. The van der Waals surface area contributed by atoms with E-state index in [-0.39, 0.29) is 23.0 Å². The van der Waals surface area contributed by atoms with Gasteiger partial charge in [-0.2, -0.15) is 0 Å². The predicted molar refractivity (Wildman–Crippen MR) is 115 cm³/mol. The average molecular weight is 441 g/mol. The fourth-order valence-electron chi connectivity index (χ4n) is 3.96. The fraction of sp³-hybridized carbons (Fsp3) is 0.360. The number of benzene rings is 2. The van der Waals surface area contributed by atoms with E-state index in [0.717, 1.165) is 29.5 Å². The molecule has 0 spiro atoms. The second kappa shape index (κ2) is 8.13. The van der Waals surface area contributed by atoms with Crippen LogP contribution in [0.3, 0.4) is 0 Å². The smallest absolute Gasteiger partial charge is 0.316 e. The van der Waals surface area contributed by atoms with Gasteiger partial charge in [0.1, 0.15) is 6.10 Å². The Morgan fingerprint density at radius 3 is 2.16 bits per heavy atom. The summed E-state index contributed by atoms with van der Waals surface area (Å²) in [5.41, 5.74) is 3.07. The van der Waals surface area contributed by atoms with Crippen LogP contribution in [-0.2, 0) is 14.9 Å². The number of ether oxygens (including phenoxy) is 1. The number of alkyl halides is 2. The van der Waals surface area contributed by atoms with Crippen molar-refractivity contribution in [2.24, 2.45) is 0 Å². The lowest BCUT2D eigenvalue weighted by Gasteiger charge is -2.18. The number of carbonyl (C=O) groups is 1. The second-order valence-electron chi connectivity index (χ2n) is 8.33. The molecule has 4 rings (SSSR count). The number of aryl methyl sites for hydroxylation is 1. The molecule has 1 N–H and O–H groups in total. The molecule has 32 heavy (non-hydrogen) atoms. The molecule has 0 aliphatic heterocycles. The Labute approximate surface area is 185 Å². The van der Waals surface area contributed by atoms with Crippen molar-refractivity contribution in [1.29, 1.82) is 0 Å². The number of halogens is 2. The number of nitrogens with zero attached hydrogens (tertiary/aromatic N) is 1. The normalized spacial score (nSPS) is 15.9. The van der Waals surface area contributed by atoms with E-state index in [0.29, 0.717) is 19.1 Å². The van der Waals surface area contributed by atoms with Gasteiger partial charge in [-0.3, -0.25) is 4.79 Å². The maximum Gasteiger partial charge on any atom is 0.316 e. The molecule has 7 heteroatoms. The van der Waals surface area contributed by atoms with Crippen LogP contribution in [0.5, 0.6) is 0 Å². The highest BCUT2D eigenvalue weighted by atomic mass is 19.3. The van der Waals surface area contributed by atoms with Gasteiger partial charge in [-0.1, -0.05) is 53.7 Å². The van der Waals surface area contributed by atoms with Gasteiger partial charge in [0.05, 0.1) is 23.3 Å². The minimum atomic E-state index is -3.32. The highest BCUT2D eigenvalue weighted by Crippen LogP contribution is 2.49. The summed E-state index contributed by atoms with van der Waals surface area (Å²) >= 11 is 0. The van der Waals surface area contributed by atoms with Crippen LogP contribution in [0, 0.1) is 6.92 Å². The number of aliphatic hydroxyl groups is 1. The SMILES string of the molecule is CCOC(=O)C1(c2ccc(-c3ccc(-c4onc(C)c4C(O)C(C)(F)F)cc3)cc2)CC1. The van der Waals surface area contributed by atoms with E-state index < -0.39 is 17.4 Å². The van der Waals surface area contributed by atoms with Crippen LogP contribution >= 0.6 is 0 Å². The molecule has 3 aromatic rings. The van der Waals surface area contributed by atoms with Gasteiger partial charge in [-0.15, -0.1) is 0 Å². The third-order valence-electron chi connectivity index (χ3n) is 6.00. The van der Waals surface area contributed by atoms with Gasteiger partial charge in [0.15, 0.2) is 5.76 Å². The first-order chi connectivity index (χ1) is 15.2. The van der Waals surface area contributed by atoms with Gasteiger partial charge in [-0.25, -0.2) is 8.78 Å². The molecular formula is C25H25F2NO4. The summed E-state index contributed by atoms with van der Waals surface area (Å²) in [6, 6.07) is 15.0. The number of carbonyl (C=O) groups excluding carboxylic acids is 1. The molecule has 0 radical (unpaired) electrons. The highest BCUT2D eigenvalue weighted by Gasteiger charge is 2.52. The topological polar surface area (TPSA) is 72.6 Å². The molecule has 0 bridgehead atoms. The molecule has 2 aromatic carbocycles. The summed E-state index contributed by atoms with van der Waals surface area (Å²) in [7, 11) is 0. The third-order valence-corrected chi connectivity index (χ3v) is 6.00. The Morgan fingerprint density at radius 1 is 1.12 bits per heavy atom. The van der Waals surface area contributed by atoms with Crippen LogP contribution in [0.1, 0.15) is 49.6 Å². The van der Waals surface area contributed by atoms with Crippen LogP contribution in [0.4, 0.5) is 8.78 Å². The van der Waals surface area contributed by atoms with Gasteiger partial charge in [0.2, 0.25) is 0 Å². The first-order valence-corrected chi connectivity index (χ1v) is 10.6. The zero-order valence-corrected chi connectivity index (χ0v) is 18.2. The van der Waals surface area contributed by atoms with Crippen LogP contribution in [0.2, 0.25) is 0 Å². The predicted octanol–water partition coefficient (Wildman–Crippen LogP) is 5.60. The zero-order valence-electron chi connectivity index (χ0n) is 18.2. The van der Waals surface area contributed by atoms with Crippen molar-refractivity contribution in [3.8, 4) is 22.5 Å². The molecule has 1 fully saturated rings. The van der Waals surface area contributed by atoms with Gasteiger partial charge < -0.3 is 14.4 Å². The van der Waals surface area contributed by atoms with Crippen molar-refractivity contribution < 1.29 is 27.9 Å². The number of hydrogen-bond donors (Lipinski definition) is 1. The van der Waals surface area contributed by atoms with Crippen molar-refractivity contribution in [2.45, 2.75) is 51.1 Å². The van der Waals surface area contributed by atoms with Crippen molar-refractivity contribution in [3.05, 3.63) is 65.4 Å². The average Bonchev–Trinajstić information content (AvgIpc) is 3.50. The van der Waals surface area contributed by atoms with Crippen LogP contribution in [-0.4, -0.2) is 28.8 Å². The molecule has 1 aliphatic carbocycles. The Hall–Kier alpha value is -3.06. The van der Waals surface area contributed by atoms with E-state index in [9.17, 15) is 18.7 Å². The maximum absolute atomic E-state index is 13.7. The molecule has 168 valence electrons. The summed E-state index contributed by atoms with van der Waals surface area (Å²) < 4.78 is 37.9. The molecule has 1 unspecified atom stereocenters. The molecule has 0 amide bonds. The van der Waals surface area contributed by atoms with Gasteiger partial charge in [0, 0.05) is 12.5 Å². The number of hydrogen-bond acceptors (Lipinski definition) is 5. The molecule has 1 aliphatic rings. The lowest BCUT2D eigenvalue weighted by Crippen LogP contribution is -2.23. The Morgan fingerprint density at radius 2 is 1.66 bits per heavy atom. The maximum atomic E-state index is 13.7. The Balaban J connectivity index is 1.58. The first kappa shape index (κ1) is 22.1. The van der Waals surface area contributed by atoms with Crippen molar-refractivity contribution in [2.75, 3.05) is 6.61 Å². The van der Waals surface area contributed by atoms with Gasteiger partial charge >= 0.3 is 5.97 Å². The minimum absolute atomic E-state index is 0.0108. The van der Waals surface area contributed by atoms with E-state index >= 15 is 0 Å². The minimum Gasteiger partial charge on any atom is -0.465 e. The van der Waals surface area contributed by atoms with Crippen LogP contribution in [0.25, 0.3) is 22.5 Å². The largest absolute Gasteiger partial charge is 0.465 e. The lowest BCUT2D eigenvalue weighted by atomic mass is 9.93. The van der Waals surface area contributed by atoms with Crippen LogP contribution in [0.15, 0.2) is 53.1 Å². The first-order valence-electron chi connectivity index (χ1n) is 10.6. The number of rotatable bonds is 7. The molecule has 1 atom stereocenters. The van der Waals surface area contributed by atoms with E-state index in [1.54, 1.807) is 19.1 Å². The van der Waals surface area contributed by atoms with E-state index in [4.69, 9.17) is 9.26 Å². The Bertz CT molecular complexity index is 1110. The quantitative estimate of drug-likeness (QED) is 0.483. The van der Waals surface area contributed by atoms with E-state index in [1.165, 1.54) is 6.92 Å². The molecule has 0 saturated heterocycles. The zero-order chi connectivity index (χ0) is 23.1. The number of aromatic nitrogens is 1. The van der Waals surface area contributed by atoms with Crippen molar-refractivity contribution in [3.63, 3.8) is 0 Å². The summed E-state index contributed by atoms with van der Waals surface area (Å²) in [5.74, 6) is -3.37. The molecule has 5 nitrogen and oxygen atoms in total. The van der Waals surface area contributed by atoms with E-state index in [2.05, 4.69) is 5.16 Å². The van der Waals surface area contributed by atoms with Gasteiger partial charge in [0.25, 0.3) is 5.92 Å². The standard InChI is InChI=1S/C25H25F2NO4/c1-4-31-23(30)25(13-14-25)19-11-9-17(10-12-19)16-5-7-18(8-6-16)21-20(15(2)28-32-21)22(29)24(3,26)27/h5-12,22,29H,4,13-14H2,1-3H3. The molecule has 1 saturated carbocycles.